The van der Waals surface area contributed by atoms with Gasteiger partial charge in [-0.25, -0.2) is 0 Å². The number of hydrogen-bond donors (Lipinski definition) is 0. The Kier molecular flexibility index (Phi) is 7.76. The molecule has 0 radical (unpaired) electrons. The summed E-state index contributed by atoms with van der Waals surface area (Å²) in [5.74, 6) is 0. The lowest BCUT2D eigenvalue weighted by Gasteiger charge is -2.36. The van der Waals surface area contributed by atoms with Crippen LogP contribution >= 0.6 is 0 Å². The van der Waals surface area contributed by atoms with E-state index < -0.39 is 5.41 Å². The van der Waals surface area contributed by atoms with Crippen LogP contribution in [0.15, 0.2) is 158 Å². The fourth-order valence-electron chi connectivity index (χ4n) is 13.0. The number of rotatable bonds is 4. The molecule has 62 heavy (non-hydrogen) atoms. The van der Waals surface area contributed by atoms with Crippen LogP contribution in [0.5, 0.6) is 0 Å². The molecule has 0 bridgehead atoms. The fraction of sp³-hybridized carbons (Fsp3) is 0.213. The molecule has 300 valence electrons. The van der Waals surface area contributed by atoms with Crippen molar-refractivity contribution < 1.29 is 0 Å². The summed E-state index contributed by atoms with van der Waals surface area (Å²) in [5, 5.41) is 0. The molecule has 0 fully saturated rings. The Labute approximate surface area is 366 Å². The number of anilines is 3. The van der Waals surface area contributed by atoms with Gasteiger partial charge >= 0.3 is 0 Å². The lowest BCUT2D eigenvalue weighted by molar-refractivity contribution is 0.660. The van der Waals surface area contributed by atoms with Crippen molar-refractivity contribution >= 4 is 17.1 Å². The smallest absolute Gasteiger partial charge is 0.0726 e. The minimum Gasteiger partial charge on any atom is -0.310 e. The van der Waals surface area contributed by atoms with E-state index in [1.54, 1.807) is 5.56 Å². The second-order valence-corrected chi connectivity index (χ2v) is 19.3. The molecule has 0 N–H and O–H groups in total. The zero-order chi connectivity index (χ0) is 41.3. The molecule has 8 aromatic carbocycles. The van der Waals surface area contributed by atoms with Crippen molar-refractivity contribution in [1.29, 1.82) is 0 Å². The maximum Gasteiger partial charge on any atom is 0.0726 e. The second kappa shape index (κ2) is 13.3. The predicted molar refractivity (Wildman–Crippen MR) is 258 cm³/mol. The Hall–Kier alpha value is -6.44. The largest absolute Gasteiger partial charge is 0.310 e. The zero-order valence-corrected chi connectivity index (χ0v) is 36.1. The first-order valence-electron chi connectivity index (χ1n) is 23.2. The molecule has 1 heteroatoms. The average molecular weight is 798 g/mol. The third kappa shape index (κ3) is 4.80. The topological polar surface area (TPSA) is 3.24 Å². The van der Waals surface area contributed by atoms with Crippen molar-refractivity contribution in [3.05, 3.63) is 219 Å². The SMILES string of the molecule is Cc1ccc2c(c1-c1cc3c(cc1N(c1ccc4c(c1)C(C)(C)c1ccccc1-4)c1cccc4c1CCCC4)C1(c4ccccc4-c4ccccc41)c1ccccc1-3)CCCC2. The standard InChI is InChI=1S/C61H51N/c1-38-31-32-40-18-5-7-21-43(40)59(38)50-36-49-47-25-11-15-29-54(47)61(52-27-13-9-23-45(52)46-24-10-14-28-53(46)61)56(49)37-58(50)62(57-30-16-19-39-17-4-6-20-42(39)57)41-33-34-48-44-22-8-12-26-51(44)60(2,3)55(48)35-41/h8-16,19,22-37H,4-7,17-18,20-21H2,1-3H3. The molecular formula is C61H51N. The Balaban J connectivity index is 1.18. The molecule has 8 aromatic rings. The molecule has 13 rings (SSSR count). The number of hydrogen-bond acceptors (Lipinski definition) is 1. The molecule has 1 spiro atoms. The van der Waals surface area contributed by atoms with Gasteiger partial charge in [-0.15, -0.1) is 0 Å². The van der Waals surface area contributed by atoms with Gasteiger partial charge in [0.1, 0.15) is 0 Å². The first-order chi connectivity index (χ1) is 30.4. The molecule has 0 aromatic heterocycles. The molecule has 5 aliphatic carbocycles. The summed E-state index contributed by atoms with van der Waals surface area (Å²) in [6.45, 7) is 7.21. The van der Waals surface area contributed by atoms with Crippen molar-refractivity contribution in [2.45, 2.75) is 83.0 Å². The van der Waals surface area contributed by atoms with E-state index in [4.69, 9.17) is 0 Å². The first-order valence-corrected chi connectivity index (χ1v) is 23.2. The van der Waals surface area contributed by atoms with Gasteiger partial charge in [0.15, 0.2) is 0 Å². The molecule has 0 unspecified atom stereocenters. The molecule has 0 saturated carbocycles. The normalized spacial score (nSPS) is 16.4. The van der Waals surface area contributed by atoms with Crippen LogP contribution in [0.4, 0.5) is 17.1 Å². The van der Waals surface area contributed by atoms with Crippen LogP contribution in [0.1, 0.15) is 101 Å². The predicted octanol–water partition coefficient (Wildman–Crippen LogP) is 15.5. The van der Waals surface area contributed by atoms with E-state index in [9.17, 15) is 0 Å². The van der Waals surface area contributed by atoms with Gasteiger partial charge < -0.3 is 4.90 Å². The summed E-state index contributed by atoms with van der Waals surface area (Å²) in [6.07, 6.45) is 9.48. The zero-order valence-electron chi connectivity index (χ0n) is 36.1. The van der Waals surface area contributed by atoms with Gasteiger partial charge in [-0.05, 0) is 189 Å². The monoisotopic (exact) mass is 797 g/mol. The third-order valence-corrected chi connectivity index (χ3v) is 15.8. The highest BCUT2D eigenvalue weighted by atomic mass is 15.1. The molecule has 5 aliphatic rings. The summed E-state index contributed by atoms with van der Waals surface area (Å²) < 4.78 is 0. The van der Waals surface area contributed by atoms with Crippen molar-refractivity contribution in [2.24, 2.45) is 0 Å². The Morgan fingerprint density at radius 2 is 0.935 bits per heavy atom. The average Bonchev–Trinajstić information content (AvgIpc) is 3.87. The van der Waals surface area contributed by atoms with Crippen molar-refractivity contribution in [1.82, 2.24) is 0 Å². The van der Waals surface area contributed by atoms with Gasteiger partial charge in [0.2, 0.25) is 0 Å². The van der Waals surface area contributed by atoms with E-state index in [1.807, 2.05) is 0 Å². The highest BCUT2D eigenvalue weighted by molar-refractivity contribution is 6.01. The Morgan fingerprint density at radius 3 is 1.61 bits per heavy atom. The summed E-state index contributed by atoms with van der Waals surface area (Å²) in [4.78, 5) is 2.73. The number of fused-ring (bicyclic) bond motifs is 15. The van der Waals surface area contributed by atoms with Crippen LogP contribution in [-0.4, -0.2) is 0 Å². The first kappa shape index (κ1) is 36.2. The quantitative estimate of drug-likeness (QED) is 0.171. The second-order valence-electron chi connectivity index (χ2n) is 19.3. The van der Waals surface area contributed by atoms with Crippen molar-refractivity contribution in [3.8, 4) is 44.5 Å². The Bertz CT molecular complexity index is 3150. The van der Waals surface area contributed by atoms with E-state index >= 15 is 0 Å². The third-order valence-electron chi connectivity index (χ3n) is 15.8. The molecule has 0 atom stereocenters. The number of nitrogens with zero attached hydrogens (tertiary/aromatic N) is 1. The van der Waals surface area contributed by atoms with Crippen LogP contribution in [0.2, 0.25) is 0 Å². The maximum absolute atomic E-state index is 2.73. The van der Waals surface area contributed by atoms with Crippen LogP contribution in [0.25, 0.3) is 44.5 Å². The van der Waals surface area contributed by atoms with E-state index in [1.165, 1.54) is 143 Å². The van der Waals surface area contributed by atoms with E-state index in [0.717, 1.165) is 25.7 Å². The lowest BCUT2D eigenvalue weighted by Crippen LogP contribution is -2.26. The molecular weight excluding hydrogens is 747 g/mol. The summed E-state index contributed by atoms with van der Waals surface area (Å²) in [7, 11) is 0. The van der Waals surface area contributed by atoms with Gasteiger partial charge in [0.25, 0.3) is 0 Å². The van der Waals surface area contributed by atoms with Gasteiger partial charge in [-0.2, -0.15) is 0 Å². The summed E-state index contributed by atoms with van der Waals surface area (Å²) >= 11 is 0. The number of benzene rings is 8. The summed E-state index contributed by atoms with van der Waals surface area (Å²) in [5.41, 5.74) is 30.0. The summed E-state index contributed by atoms with van der Waals surface area (Å²) in [6, 6.07) is 61.7. The van der Waals surface area contributed by atoms with Crippen LogP contribution in [0, 0.1) is 6.92 Å². The van der Waals surface area contributed by atoms with E-state index in [2.05, 4.69) is 183 Å². The highest BCUT2D eigenvalue weighted by Gasteiger charge is 2.52. The van der Waals surface area contributed by atoms with Gasteiger partial charge in [0.05, 0.1) is 11.1 Å². The number of aryl methyl sites for hydroxylation is 3. The van der Waals surface area contributed by atoms with Crippen LogP contribution in [-0.2, 0) is 36.5 Å². The van der Waals surface area contributed by atoms with Gasteiger partial charge in [-0.3, -0.25) is 0 Å². The van der Waals surface area contributed by atoms with E-state index in [-0.39, 0.29) is 5.41 Å². The van der Waals surface area contributed by atoms with Crippen LogP contribution in [0.3, 0.4) is 0 Å². The molecule has 0 heterocycles. The molecule has 0 saturated heterocycles. The highest BCUT2D eigenvalue weighted by Crippen LogP contribution is 2.65. The molecule has 0 aliphatic heterocycles. The minimum atomic E-state index is -0.444. The maximum atomic E-state index is 2.73. The van der Waals surface area contributed by atoms with Crippen molar-refractivity contribution in [2.75, 3.05) is 4.90 Å². The van der Waals surface area contributed by atoms with E-state index in [0.29, 0.717) is 0 Å². The Morgan fingerprint density at radius 1 is 0.387 bits per heavy atom. The lowest BCUT2D eigenvalue weighted by atomic mass is 9.70. The van der Waals surface area contributed by atoms with Gasteiger partial charge in [0, 0.05) is 22.4 Å². The fourth-order valence-corrected chi connectivity index (χ4v) is 13.0. The van der Waals surface area contributed by atoms with Crippen LogP contribution < -0.4 is 4.90 Å². The van der Waals surface area contributed by atoms with Gasteiger partial charge in [-0.1, -0.05) is 141 Å². The minimum absolute atomic E-state index is 0.122. The van der Waals surface area contributed by atoms with Crippen molar-refractivity contribution in [3.63, 3.8) is 0 Å². The molecule has 1 nitrogen and oxygen atoms in total. The molecule has 0 amide bonds.